The molecule has 0 bridgehead atoms. The van der Waals surface area contributed by atoms with Crippen LogP contribution in [0.2, 0.25) is 0 Å². The predicted octanol–water partition coefficient (Wildman–Crippen LogP) is 3.37. The van der Waals surface area contributed by atoms with Crippen molar-refractivity contribution in [2.45, 2.75) is 39.9 Å². The third kappa shape index (κ3) is 2.87. The number of ether oxygens (including phenoxy) is 1. The Morgan fingerprint density at radius 1 is 1.17 bits per heavy atom. The summed E-state index contributed by atoms with van der Waals surface area (Å²) in [5, 5.41) is 10.2. The molecule has 0 fully saturated rings. The molecule has 0 saturated carbocycles. The first-order chi connectivity index (χ1) is 8.20. The largest absolute Gasteiger partial charge is 0.386 e. The first-order valence-corrected chi connectivity index (χ1v) is 5.85. The monoisotopic (exact) mass is 258 g/mol. The lowest BCUT2D eigenvalue weighted by molar-refractivity contribution is -0.0737. The number of benzene rings is 1. The standard InChI is InChI=1S/C14H20F2O2/c1-8-6-7-9(11(16)10(8)15)12(17)13(18-5)14(2,3)4/h6-7,12-13,17H,1-5H3. The van der Waals surface area contributed by atoms with E-state index in [2.05, 4.69) is 0 Å². The molecule has 0 heterocycles. The van der Waals surface area contributed by atoms with E-state index in [1.165, 1.54) is 26.2 Å². The molecule has 0 aliphatic rings. The number of halogens is 2. The number of aliphatic hydroxyl groups is 1. The van der Waals surface area contributed by atoms with Crippen LogP contribution in [0.25, 0.3) is 0 Å². The third-order valence-corrected chi connectivity index (χ3v) is 3.02. The van der Waals surface area contributed by atoms with Gasteiger partial charge in [0.2, 0.25) is 0 Å². The van der Waals surface area contributed by atoms with Crippen molar-refractivity contribution in [3.8, 4) is 0 Å². The summed E-state index contributed by atoms with van der Waals surface area (Å²) in [6, 6.07) is 2.85. The second-order valence-electron chi connectivity index (χ2n) is 5.57. The van der Waals surface area contributed by atoms with Gasteiger partial charge in [-0.1, -0.05) is 32.9 Å². The van der Waals surface area contributed by atoms with E-state index >= 15 is 0 Å². The van der Waals surface area contributed by atoms with Crippen molar-refractivity contribution in [1.82, 2.24) is 0 Å². The number of aliphatic hydroxyl groups excluding tert-OH is 1. The lowest BCUT2D eigenvalue weighted by Crippen LogP contribution is -2.34. The van der Waals surface area contributed by atoms with Gasteiger partial charge in [0.1, 0.15) is 6.10 Å². The fourth-order valence-corrected chi connectivity index (χ4v) is 2.01. The Hall–Kier alpha value is -1.00. The molecule has 18 heavy (non-hydrogen) atoms. The van der Waals surface area contributed by atoms with Crippen LogP contribution in [-0.4, -0.2) is 18.3 Å². The summed E-state index contributed by atoms with van der Waals surface area (Å²) in [5.74, 6) is -1.93. The summed E-state index contributed by atoms with van der Waals surface area (Å²) in [6.45, 7) is 7.08. The average Bonchev–Trinajstić information content (AvgIpc) is 2.25. The van der Waals surface area contributed by atoms with Crippen LogP contribution in [0.3, 0.4) is 0 Å². The van der Waals surface area contributed by atoms with Crippen LogP contribution in [0, 0.1) is 24.0 Å². The van der Waals surface area contributed by atoms with Gasteiger partial charge in [0, 0.05) is 12.7 Å². The Bertz CT molecular complexity index is 425. The fourth-order valence-electron chi connectivity index (χ4n) is 2.01. The van der Waals surface area contributed by atoms with Crippen molar-refractivity contribution in [3.63, 3.8) is 0 Å². The van der Waals surface area contributed by atoms with E-state index in [-0.39, 0.29) is 16.5 Å². The maximum absolute atomic E-state index is 13.8. The molecule has 2 unspecified atom stereocenters. The minimum Gasteiger partial charge on any atom is -0.386 e. The van der Waals surface area contributed by atoms with Gasteiger partial charge in [-0.15, -0.1) is 0 Å². The van der Waals surface area contributed by atoms with Gasteiger partial charge in [-0.05, 0) is 17.9 Å². The second-order valence-corrected chi connectivity index (χ2v) is 5.57. The van der Waals surface area contributed by atoms with E-state index in [4.69, 9.17) is 4.74 Å². The molecule has 0 aliphatic heterocycles. The highest BCUT2D eigenvalue weighted by Crippen LogP contribution is 2.34. The first-order valence-electron chi connectivity index (χ1n) is 5.85. The van der Waals surface area contributed by atoms with Gasteiger partial charge >= 0.3 is 0 Å². The zero-order valence-electron chi connectivity index (χ0n) is 11.4. The molecule has 4 heteroatoms. The van der Waals surface area contributed by atoms with Crippen molar-refractivity contribution in [2.24, 2.45) is 5.41 Å². The minimum atomic E-state index is -1.20. The van der Waals surface area contributed by atoms with Crippen molar-refractivity contribution < 1.29 is 18.6 Å². The number of aryl methyl sites for hydroxylation is 1. The molecular formula is C14H20F2O2. The lowest BCUT2D eigenvalue weighted by Gasteiger charge is -2.33. The Morgan fingerprint density at radius 3 is 2.17 bits per heavy atom. The van der Waals surface area contributed by atoms with E-state index in [0.29, 0.717) is 0 Å². The van der Waals surface area contributed by atoms with Crippen LogP contribution in [-0.2, 0) is 4.74 Å². The molecule has 1 rings (SSSR count). The Labute approximate surface area is 107 Å². The minimum absolute atomic E-state index is 0.0696. The Morgan fingerprint density at radius 2 is 1.72 bits per heavy atom. The predicted molar refractivity (Wildman–Crippen MR) is 66.3 cm³/mol. The summed E-state index contributed by atoms with van der Waals surface area (Å²) in [5.41, 5.74) is -0.241. The number of hydrogen-bond donors (Lipinski definition) is 1. The SMILES string of the molecule is COC(C(O)c1ccc(C)c(F)c1F)C(C)(C)C. The van der Waals surface area contributed by atoms with Crippen LogP contribution in [0.4, 0.5) is 8.78 Å². The highest BCUT2D eigenvalue weighted by atomic mass is 19.2. The summed E-state index contributed by atoms with van der Waals surface area (Å²) in [6.07, 6.45) is -1.82. The van der Waals surface area contributed by atoms with E-state index in [9.17, 15) is 13.9 Å². The molecule has 2 nitrogen and oxygen atoms in total. The third-order valence-electron chi connectivity index (χ3n) is 3.02. The maximum atomic E-state index is 13.8. The molecule has 0 aliphatic carbocycles. The highest BCUT2D eigenvalue weighted by Gasteiger charge is 2.34. The highest BCUT2D eigenvalue weighted by molar-refractivity contribution is 5.28. The maximum Gasteiger partial charge on any atom is 0.164 e. The molecule has 1 aromatic carbocycles. The average molecular weight is 258 g/mol. The van der Waals surface area contributed by atoms with Crippen molar-refractivity contribution >= 4 is 0 Å². The zero-order chi connectivity index (χ0) is 14.1. The molecule has 0 amide bonds. The van der Waals surface area contributed by atoms with Crippen molar-refractivity contribution in [2.75, 3.05) is 7.11 Å². The van der Waals surface area contributed by atoms with Crippen LogP contribution >= 0.6 is 0 Å². The molecule has 0 spiro atoms. The van der Waals surface area contributed by atoms with Gasteiger partial charge < -0.3 is 9.84 Å². The van der Waals surface area contributed by atoms with E-state index in [1.54, 1.807) is 0 Å². The van der Waals surface area contributed by atoms with E-state index in [1.807, 2.05) is 20.8 Å². The molecule has 0 saturated heterocycles. The number of hydrogen-bond acceptors (Lipinski definition) is 2. The Balaban J connectivity index is 3.18. The van der Waals surface area contributed by atoms with Crippen LogP contribution in [0.5, 0.6) is 0 Å². The normalized spacial score (nSPS) is 15.6. The number of methoxy groups -OCH3 is 1. The molecule has 0 aromatic heterocycles. The number of rotatable bonds is 3. The van der Waals surface area contributed by atoms with Gasteiger partial charge in [0.15, 0.2) is 11.6 Å². The Kier molecular flexibility index (Phi) is 4.46. The lowest BCUT2D eigenvalue weighted by atomic mass is 9.83. The summed E-state index contributed by atoms with van der Waals surface area (Å²) < 4.78 is 32.5. The van der Waals surface area contributed by atoms with Gasteiger partial charge in [-0.25, -0.2) is 8.78 Å². The molecular weight excluding hydrogens is 238 g/mol. The van der Waals surface area contributed by atoms with Gasteiger partial charge in [0.25, 0.3) is 0 Å². The fraction of sp³-hybridized carbons (Fsp3) is 0.571. The van der Waals surface area contributed by atoms with Gasteiger partial charge in [0.05, 0.1) is 6.10 Å². The first kappa shape index (κ1) is 15.1. The topological polar surface area (TPSA) is 29.5 Å². The molecule has 2 atom stereocenters. The molecule has 102 valence electrons. The molecule has 0 radical (unpaired) electrons. The van der Waals surface area contributed by atoms with Gasteiger partial charge in [-0.2, -0.15) is 0 Å². The van der Waals surface area contributed by atoms with Crippen LogP contribution in [0.15, 0.2) is 12.1 Å². The molecule has 1 N–H and O–H groups in total. The van der Waals surface area contributed by atoms with Crippen molar-refractivity contribution in [3.05, 3.63) is 34.9 Å². The van der Waals surface area contributed by atoms with Crippen LogP contribution < -0.4 is 0 Å². The van der Waals surface area contributed by atoms with Gasteiger partial charge in [-0.3, -0.25) is 0 Å². The summed E-state index contributed by atoms with van der Waals surface area (Å²) in [7, 11) is 1.45. The van der Waals surface area contributed by atoms with E-state index < -0.39 is 23.8 Å². The van der Waals surface area contributed by atoms with Crippen LogP contribution in [0.1, 0.15) is 38.0 Å². The van der Waals surface area contributed by atoms with Crippen molar-refractivity contribution in [1.29, 1.82) is 0 Å². The smallest absolute Gasteiger partial charge is 0.164 e. The summed E-state index contributed by atoms with van der Waals surface area (Å²) >= 11 is 0. The molecule has 1 aromatic rings. The van der Waals surface area contributed by atoms with E-state index in [0.717, 1.165) is 0 Å². The second kappa shape index (κ2) is 5.33. The quantitative estimate of drug-likeness (QED) is 0.900. The zero-order valence-corrected chi connectivity index (χ0v) is 11.4. The summed E-state index contributed by atoms with van der Waals surface area (Å²) in [4.78, 5) is 0.